The van der Waals surface area contributed by atoms with Gasteiger partial charge in [-0.3, -0.25) is 0 Å². The van der Waals surface area contributed by atoms with Gasteiger partial charge < -0.3 is 0 Å². The Morgan fingerprint density at radius 2 is 2.00 bits per heavy atom. The fourth-order valence-corrected chi connectivity index (χ4v) is 1.74. The number of benzene rings is 1. The number of halogens is 2. The van der Waals surface area contributed by atoms with E-state index in [1.807, 2.05) is 6.07 Å². The first-order valence-electron chi connectivity index (χ1n) is 3.22. The molecule has 0 aromatic heterocycles. The van der Waals surface area contributed by atoms with Crippen LogP contribution in [0.4, 0.5) is 0 Å². The zero-order chi connectivity index (χ0) is 9.19. The quantitative estimate of drug-likeness (QED) is 0.841. The van der Waals surface area contributed by atoms with Crippen molar-refractivity contribution in [1.82, 2.24) is 0 Å². The molecular formula is C7H9Br2NO2S. The normalized spacial score (nSPS) is 10.6. The Bertz CT molecular complexity index is 378. The van der Waals surface area contributed by atoms with E-state index in [0.717, 1.165) is 5.56 Å². The molecule has 0 aliphatic carbocycles. The van der Waals surface area contributed by atoms with Gasteiger partial charge in [-0.1, -0.05) is 28.1 Å². The maximum absolute atomic E-state index is 10.9. The summed E-state index contributed by atoms with van der Waals surface area (Å²) in [7, 11) is -3.56. The van der Waals surface area contributed by atoms with E-state index in [1.54, 1.807) is 12.1 Å². The minimum Gasteiger partial charge on any atom is -0.225 e. The molecule has 0 saturated carbocycles. The Labute approximate surface area is 96.3 Å². The molecule has 0 atom stereocenters. The van der Waals surface area contributed by atoms with Crippen LogP contribution in [0.15, 0.2) is 29.2 Å². The average molecular weight is 331 g/mol. The summed E-state index contributed by atoms with van der Waals surface area (Å²) in [5.41, 5.74) is 0.890. The third-order valence-corrected chi connectivity index (χ3v) is 2.94. The van der Waals surface area contributed by atoms with Crippen molar-refractivity contribution >= 4 is 42.9 Å². The van der Waals surface area contributed by atoms with E-state index in [0.29, 0.717) is 5.33 Å². The summed E-state index contributed by atoms with van der Waals surface area (Å²) in [4.78, 5) is 0.152. The van der Waals surface area contributed by atoms with Gasteiger partial charge in [0.2, 0.25) is 10.0 Å². The van der Waals surface area contributed by atoms with Gasteiger partial charge in [0.1, 0.15) is 0 Å². The highest BCUT2D eigenvalue weighted by molar-refractivity contribution is 9.08. The Morgan fingerprint density at radius 3 is 2.46 bits per heavy atom. The van der Waals surface area contributed by atoms with E-state index in [4.69, 9.17) is 5.14 Å². The maximum atomic E-state index is 10.9. The molecule has 0 spiro atoms. The fourth-order valence-electron chi connectivity index (χ4n) is 0.806. The number of nitrogens with two attached hydrogens (primary N) is 1. The molecule has 0 unspecified atom stereocenters. The van der Waals surface area contributed by atoms with Crippen LogP contribution in [0, 0.1) is 0 Å². The number of sulfonamides is 1. The van der Waals surface area contributed by atoms with Gasteiger partial charge in [-0.2, -0.15) is 0 Å². The highest BCUT2D eigenvalue weighted by Gasteiger charge is 2.06. The number of hydrogen-bond acceptors (Lipinski definition) is 2. The molecular weight excluding hydrogens is 322 g/mol. The molecule has 0 saturated heterocycles. The van der Waals surface area contributed by atoms with Gasteiger partial charge >= 0.3 is 0 Å². The van der Waals surface area contributed by atoms with Crippen LogP contribution in [0.2, 0.25) is 0 Å². The first kappa shape index (κ1) is 13.1. The van der Waals surface area contributed by atoms with Crippen LogP contribution in [0.3, 0.4) is 0 Å². The molecule has 1 aromatic carbocycles. The van der Waals surface area contributed by atoms with Crippen molar-refractivity contribution in [2.45, 2.75) is 10.2 Å². The van der Waals surface area contributed by atoms with Crippen LogP contribution in [0.25, 0.3) is 0 Å². The third kappa shape index (κ3) is 3.76. The maximum Gasteiger partial charge on any atom is 0.238 e. The predicted octanol–water partition coefficient (Wildman–Crippen LogP) is 1.81. The van der Waals surface area contributed by atoms with Gasteiger partial charge in [-0.25, -0.2) is 13.6 Å². The molecule has 3 nitrogen and oxygen atoms in total. The third-order valence-electron chi connectivity index (χ3n) is 1.38. The fraction of sp³-hybridized carbons (Fsp3) is 0.143. The van der Waals surface area contributed by atoms with E-state index < -0.39 is 10.0 Å². The molecule has 13 heavy (non-hydrogen) atoms. The van der Waals surface area contributed by atoms with Crippen molar-refractivity contribution < 1.29 is 8.42 Å². The number of primary sulfonamides is 1. The van der Waals surface area contributed by atoms with E-state index in [-0.39, 0.29) is 21.9 Å². The van der Waals surface area contributed by atoms with E-state index in [1.165, 1.54) is 6.07 Å². The van der Waals surface area contributed by atoms with Crippen molar-refractivity contribution in [3.05, 3.63) is 29.8 Å². The summed E-state index contributed by atoms with van der Waals surface area (Å²) in [5, 5.41) is 5.56. The van der Waals surface area contributed by atoms with Crippen molar-refractivity contribution in [3.63, 3.8) is 0 Å². The minimum absolute atomic E-state index is 0. The van der Waals surface area contributed by atoms with Crippen molar-refractivity contribution in [2.75, 3.05) is 0 Å². The topological polar surface area (TPSA) is 60.2 Å². The first-order valence-corrected chi connectivity index (χ1v) is 5.88. The molecule has 74 valence electrons. The molecule has 0 amide bonds. The molecule has 0 aliphatic rings. The molecule has 0 heterocycles. The lowest BCUT2D eigenvalue weighted by atomic mass is 10.2. The van der Waals surface area contributed by atoms with Crippen LogP contribution in [-0.2, 0) is 15.4 Å². The highest BCUT2D eigenvalue weighted by atomic mass is 79.9. The molecule has 1 aromatic rings. The molecule has 0 fully saturated rings. The minimum atomic E-state index is -3.56. The van der Waals surface area contributed by atoms with Crippen molar-refractivity contribution in [2.24, 2.45) is 5.14 Å². The van der Waals surface area contributed by atoms with Crippen LogP contribution in [0.5, 0.6) is 0 Å². The zero-order valence-electron chi connectivity index (χ0n) is 6.60. The van der Waals surface area contributed by atoms with Crippen LogP contribution in [-0.4, -0.2) is 8.42 Å². The molecule has 0 radical (unpaired) electrons. The Hall–Kier alpha value is 0.0900. The van der Waals surface area contributed by atoms with Gasteiger partial charge in [0, 0.05) is 5.33 Å². The van der Waals surface area contributed by atoms with Crippen LogP contribution < -0.4 is 5.14 Å². The lowest BCUT2D eigenvalue weighted by Crippen LogP contribution is -2.12. The van der Waals surface area contributed by atoms with Gasteiger partial charge in [-0.15, -0.1) is 17.0 Å². The first-order chi connectivity index (χ1) is 5.54. The smallest absolute Gasteiger partial charge is 0.225 e. The Morgan fingerprint density at radius 1 is 1.38 bits per heavy atom. The molecule has 1 rings (SSSR count). The van der Waals surface area contributed by atoms with E-state index in [9.17, 15) is 8.42 Å². The number of rotatable bonds is 2. The van der Waals surface area contributed by atoms with Crippen LogP contribution >= 0.6 is 32.9 Å². The number of hydrogen-bond donors (Lipinski definition) is 1. The van der Waals surface area contributed by atoms with Crippen LogP contribution in [0.1, 0.15) is 5.56 Å². The summed E-state index contributed by atoms with van der Waals surface area (Å²) >= 11 is 3.22. The largest absolute Gasteiger partial charge is 0.238 e. The summed E-state index contributed by atoms with van der Waals surface area (Å²) in [6.07, 6.45) is 0. The molecule has 0 bridgehead atoms. The highest BCUT2D eigenvalue weighted by Crippen LogP contribution is 2.11. The summed E-state index contributed by atoms with van der Waals surface area (Å²) in [5.74, 6) is 0. The lowest BCUT2D eigenvalue weighted by molar-refractivity contribution is 0.597. The second-order valence-electron chi connectivity index (χ2n) is 2.33. The van der Waals surface area contributed by atoms with E-state index in [2.05, 4.69) is 15.9 Å². The number of alkyl halides is 1. The lowest BCUT2D eigenvalue weighted by Gasteiger charge is -1.99. The molecule has 0 aliphatic heterocycles. The molecule has 2 N–H and O–H groups in total. The van der Waals surface area contributed by atoms with Gasteiger partial charge in [0.25, 0.3) is 0 Å². The van der Waals surface area contributed by atoms with E-state index >= 15 is 0 Å². The summed E-state index contributed by atoms with van der Waals surface area (Å²) < 4.78 is 21.7. The van der Waals surface area contributed by atoms with Crippen molar-refractivity contribution in [1.29, 1.82) is 0 Å². The Balaban J connectivity index is 0.00000144. The predicted molar refractivity (Wildman–Crippen MR) is 60.8 cm³/mol. The van der Waals surface area contributed by atoms with Crippen molar-refractivity contribution in [3.8, 4) is 0 Å². The zero-order valence-corrected chi connectivity index (χ0v) is 10.7. The van der Waals surface area contributed by atoms with Gasteiger partial charge in [-0.05, 0) is 17.7 Å². The second kappa shape index (κ2) is 5.09. The second-order valence-corrected chi connectivity index (χ2v) is 4.45. The summed E-state index contributed by atoms with van der Waals surface area (Å²) in [6.45, 7) is 0. The molecule has 6 heteroatoms. The van der Waals surface area contributed by atoms with Gasteiger partial charge in [0.15, 0.2) is 0 Å². The SMILES string of the molecule is Br.NS(=O)(=O)c1cccc(CBr)c1. The van der Waals surface area contributed by atoms with Gasteiger partial charge in [0.05, 0.1) is 4.90 Å². The average Bonchev–Trinajstić information content (AvgIpc) is 2.03. The Kier molecular flexibility index (Phi) is 5.13. The summed E-state index contributed by atoms with van der Waals surface area (Å²) in [6, 6.07) is 6.51. The standard InChI is InChI=1S/C7H8BrNO2S.BrH/c8-5-6-2-1-3-7(4-6)12(9,10)11;/h1-4H,5H2,(H2,9,10,11);1H. The monoisotopic (exact) mass is 329 g/mol.